The van der Waals surface area contributed by atoms with E-state index in [0.717, 1.165) is 27.8 Å². The first kappa shape index (κ1) is 13.4. The van der Waals surface area contributed by atoms with Crippen LogP contribution in [0.3, 0.4) is 0 Å². The van der Waals surface area contributed by atoms with Crippen LogP contribution >= 0.6 is 0 Å². The minimum atomic E-state index is 0.0296. The quantitative estimate of drug-likeness (QED) is 0.771. The van der Waals surface area contributed by atoms with Crippen LogP contribution in [-0.4, -0.2) is 10.1 Å². The summed E-state index contributed by atoms with van der Waals surface area (Å²) >= 11 is 0. The molecule has 0 unspecified atom stereocenters. The Hall–Kier alpha value is -2.59. The summed E-state index contributed by atoms with van der Waals surface area (Å²) in [6.45, 7) is 0.393. The average Bonchev–Trinajstić information content (AvgIpc) is 2.53. The number of hydrogen-bond donors (Lipinski definition) is 2. The Balaban J connectivity index is 1.79. The topological polar surface area (TPSA) is 68.4 Å². The van der Waals surface area contributed by atoms with Crippen molar-refractivity contribution in [1.29, 1.82) is 0 Å². The zero-order valence-electron chi connectivity index (χ0n) is 11.5. The van der Waals surface area contributed by atoms with Crippen molar-refractivity contribution >= 4 is 16.7 Å². The van der Waals surface area contributed by atoms with Crippen molar-refractivity contribution in [2.75, 3.05) is 5.73 Å². The SMILES string of the molecule is Nc1nc2ccccc2cc1COc1ccc(CO)cc1. The van der Waals surface area contributed by atoms with Gasteiger partial charge in [0.15, 0.2) is 0 Å². The van der Waals surface area contributed by atoms with Crippen molar-refractivity contribution in [3.05, 3.63) is 65.7 Å². The van der Waals surface area contributed by atoms with Gasteiger partial charge in [-0.1, -0.05) is 30.3 Å². The molecule has 1 heterocycles. The fraction of sp³-hybridized carbons (Fsp3) is 0.118. The highest BCUT2D eigenvalue weighted by Crippen LogP contribution is 2.20. The lowest BCUT2D eigenvalue weighted by atomic mass is 10.1. The number of ether oxygens (including phenoxy) is 1. The fourth-order valence-corrected chi connectivity index (χ4v) is 2.14. The number of para-hydroxylation sites is 1. The van der Waals surface area contributed by atoms with Gasteiger partial charge in [-0.25, -0.2) is 4.98 Å². The summed E-state index contributed by atoms with van der Waals surface area (Å²) in [6.07, 6.45) is 0. The van der Waals surface area contributed by atoms with E-state index in [2.05, 4.69) is 4.98 Å². The maximum absolute atomic E-state index is 9.01. The molecule has 106 valence electrons. The Bertz CT molecular complexity index is 754. The Kier molecular flexibility index (Phi) is 3.71. The molecule has 0 amide bonds. The molecular weight excluding hydrogens is 264 g/mol. The van der Waals surface area contributed by atoms with E-state index in [1.807, 2.05) is 54.6 Å². The first-order valence-electron chi connectivity index (χ1n) is 6.73. The molecule has 3 N–H and O–H groups in total. The van der Waals surface area contributed by atoms with E-state index >= 15 is 0 Å². The summed E-state index contributed by atoms with van der Waals surface area (Å²) in [5.41, 5.74) is 8.57. The number of pyridine rings is 1. The van der Waals surface area contributed by atoms with Crippen LogP contribution in [-0.2, 0) is 13.2 Å². The molecule has 0 bridgehead atoms. The van der Waals surface area contributed by atoms with E-state index < -0.39 is 0 Å². The second-order valence-electron chi connectivity index (χ2n) is 4.82. The fourth-order valence-electron chi connectivity index (χ4n) is 2.14. The van der Waals surface area contributed by atoms with Crippen LogP contribution in [0.2, 0.25) is 0 Å². The molecule has 21 heavy (non-hydrogen) atoms. The van der Waals surface area contributed by atoms with Crippen LogP contribution in [0.1, 0.15) is 11.1 Å². The average molecular weight is 280 g/mol. The first-order chi connectivity index (χ1) is 10.3. The summed E-state index contributed by atoms with van der Waals surface area (Å²) in [4.78, 5) is 4.38. The molecule has 0 fully saturated rings. The second kappa shape index (κ2) is 5.81. The van der Waals surface area contributed by atoms with Gasteiger partial charge in [0.05, 0.1) is 12.1 Å². The monoisotopic (exact) mass is 280 g/mol. The molecular formula is C17H16N2O2. The van der Waals surface area contributed by atoms with Gasteiger partial charge in [0.25, 0.3) is 0 Å². The van der Waals surface area contributed by atoms with Gasteiger partial charge in [0, 0.05) is 10.9 Å². The largest absolute Gasteiger partial charge is 0.489 e. The molecule has 1 aromatic heterocycles. The molecule has 4 nitrogen and oxygen atoms in total. The normalized spacial score (nSPS) is 10.7. The van der Waals surface area contributed by atoms with Crippen LogP contribution < -0.4 is 10.5 Å². The summed E-state index contributed by atoms with van der Waals surface area (Å²) in [5, 5.41) is 10.1. The Labute approximate surface area is 122 Å². The van der Waals surface area contributed by atoms with Crippen molar-refractivity contribution in [3.8, 4) is 5.75 Å². The maximum Gasteiger partial charge on any atom is 0.130 e. The van der Waals surface area contributed by atoms with Crippen LogP contribution in [0.25, 0.3) is 10.9 Å². The van der Waals surface area contributed by atoms with Crippen molar-refractivity contribution in [2.45, 2.75) is 13.2 Å². The number of anilines is 1. The van der Waals surface area contributed by atoms with Gasteiger partial charge in [-0.05, 0) is 29.8 Å². The zero-order chi connectivity index (χ0) is 14.7. The lowest BCUT2D eigenvalue weighted by molar-refractivity contribution is 0.281. The molecule has 0 saturated heterocycles. The van der Waals surface area contributed by atoms with Crippen LogP contribution in [0, 0.1) is 0 Å². The highest BCUT2D eigenvalue weighted by Gasteiger charge is 2.05. The molecule has 0 aliphatic rings. The molecule has 0 spiro atoms. The van der Waals surface area contributed by atoms with Crippen molar-refractivity contribution < 1.29 is 9.84 Å². The van der Waals surface area contributed by atoms with E-state index in [-0.39, 0.29) is 6.61 Å². The number of nitrogens with two attached hydrogens (primary N) is 1. The first-order valence-corrected chi connectivity index (χ1v) is 6.73. The number of nitrogen functional groups attached to an aromatic ring is 1. The number of nitrogens with zero attached hydrogens (tertiary/aromatic N) is 1. The number of benzene rings is 2. The summed E-state index contributed by atoms with van der Waals surface area (Å²) < 4.78 is 5.72. The third-order valence-electron chi connectivity index (χ3n) is 3.34. The predicted octanol–water partition coefficient (Wildman–Crippen LogP) is 2.89. The maximum atomic E-state index is 9.01. The highest BCUT2D eigenvalue weighted by atomic mass is 16.5. The smallest absolute Gasteiger partial charge is 0.130 e. The van der Waals surface area contributed by atoms with E-state index in [1.165, 1.54) is 0 Å². The van der Waals surface area contributed by atoms with Crippen molar-refractivity contribution in [1.82, 2.24) is 4.98 Å². The van der Waals surface area contributed by atoms with Crippen LogP contribution in [0.4, 0.5) is 5.82 Å². The Morgan fingerprint density at radius 3 is 2.57 bits per heavy atom. The molecule has 0 aliphatic heterocycles. The van der Waals surface area contributed by atoms with Gasteiger partial charge in [-0.3, -0.25) is 0 Å². The van der Waals surface area contributed by atoms with Crippen molar-refractivity contribution in [3.63, 3.8) is 0 Å². The molecule has 0 aliphatic carbocycles. The Morgan fingerprint density at radius 1 is 1.05 bits per heavy atom. The predicted molar refractivity (Wildman–Crippen MR) is 82.9 cm³/mol. The molecule has 3 rings (SSSR count). The third-order valence-corrected chi connectivity index (χ3v) is 3.34. The van der Waals surface area contributed by atoms with E-state index in [0.29, 0.717) is 12.4 Å². The number of hydrogen-bond acceptors (Lipinski definition) is 4. The number of aromatic nitrogens is 1. The third kappa shape index (κ3) is 2.95. The molecule has 0 radical (unpaired) electrons. The minimum absolute atomic E-state index is 0.0296. The van der Waals surface area contributed by atoms with Gasteiger partial charge in [-0.2, -0.15) is 0 Å². The van der Waals surface area contributed by atoms with Gasteiger partial charge in [0.2, 0.25) is 0 Å². The standard InChI is InChI=1S/C17H16N2O2/c18-17-14(9-13-3-1-2-4-16(13)19-17)11-21-15-7-5-12(10-20)6-8-15/h1-9,20H,10-11H2,(H2,18,19). The number of rotatable bonds is 4. The summed E-state index contributed by atoms with van der Waals surface area (Å²) in [5.74, 6) is 1.22. The lowest BCUT2D eigenvalue weighted by Gasteiger charge is -2.09. The van der Waals surface area contributed by atoms with Gasteiger partial charge in [0.1, 0.15) is 18.2 Å². The van der Waals surface area contributed by atoms with Gasteiger partial charge in [-0.15, -0.1) is 0 Å². The van der Waals surface area contributed by atoms with E-state index in [9.17, 15) is 0 Å². The van der Waals surface area contributed by atoms with E-state index in [1.54, 1.807) is 0 Å². The number of aliphatic hydroxyl groups excluding tert-OH is 1. The molecule has 0 atom stereocenters. The number of aliphatic hydroxyl groups is 1. The number of fused-ring (bicyclic) bond motifs is 1. The van der Waals surface area contributed by atoms with E-state index in [4.69, 9.17) is 15.6 Å². The van der Waals surface area contributed by atoms with Crippen LogP contribution in [0.15, 0.2) is 54.6 Å². The lowest BCUT2D eigenvalue weighted by Crippen LogP contribution is -2.02. The highest BCUT2D eigenvalue weighted by molar-refractivity contribution is 5.81. The van der Waals surface area contributed by atoms with Crippen LogP contribution in [0.5, 0.6) is 5.75 Å². The summed E-state index contributed by atoms with van der Waals surface area (Å²) in [6, 6.07) is 17.2. The molecule has 2 aromatic carbocycles. The van der Waals surface area contributed by atoms with Gasteiger partial charge >= 0.3 is 0 Å². The van der Waals surface area contributed by atoms with Gasteiger partial charge < -0.3 is 15.6 Å². The molecule has 3 aromatic rings. The second-order valence-corrected chi connectivity index (χ2v) is 4.82. The Morgan fingerprint density at radius 2 is 1.81 bits per heavy atom. The zero-order valence-corrected chi connectivity index (χ0v) is 11.5. The molecule has 0 saturated carbocycles. The van der Waals surface area contributed by atoms with Crippen molar-refractivity contribution in [2.24, 2.45) is 0 Å². The summed E-state index contributed by atoms with van der Waals surface area (Å²) in [7, 11) is 0. The minimum Gasteiger partial charge on any atom is -0.489 e. The molecule has 4 heteroatoms.